The van der Waals surface area contributed by atoms with Crippen molar-refractivity contribution in [1.82, 2.24) is 15.5 Å². The number of aromatic nitrogens is 2. The number of nitrogen functional groups attached to an aromatic ring is 1. The van der Waals surface area contributed by atoms with Gasteiger partial charge in [0.1, 0.15) is 0 Å². The summed E-state index contributed by atoms with van der Waals surface area (Å²) >= 11 is 0. The predicted molar refractivity (Wildman–Crippen MR) is 60.0 cm³/mol. The van der Waals surface area contributed by atoms with Crippen LogP contribution in [0.1, 0.15) is 47.8 Å². The van der Waals surface area contributed by atoms with Crippen LogP contribution in [0.15, 0.2) is 0 Å². The lowest BCUT2D eigenvalue weighted by Gasteiger charge is -2.01. The molecular formula is C11H16N4O. The van der Waals surface area contributed by atoms with Gasteiger partial charge in [-0.25, -0.2) is 0 Å². The molecule has 4 N–H and O–H groups in total. The normalized spacial score (nSPS) is 19.8. The van der Waals surface area contributed by atoms with E-state index < -0.39 is 0 Å². The highest BCUT2D eigenvalue weighted by molar-refractivity contribution is 5.97. The van der Waals surface area contributed by atoms with E-state index in [1.165, 1.54) is 12.8 Å². The molecule has 2 fully saturated rings. The van der Waals surface area contributed by atoms with Gasteiger partial charge in [0.25, 0.3) is 5.91 Å². The number of anilines is 1. The summed E-state index contributed by atoms with van der Waals surface area (Å²) < 4.78 is 0. The van der Waals surface area contributed by atoms with E-state index in [4.69, 9.17) is 5.73 Å². The van der Waals surface area contributed by atoms with Crippen LogP contribution in [0.5, 0.6) is 0 Å². The zero-order valence-corrected chi connectivity index (χ0v) is 9.12. The molecule has 2 aliphatic rings. The number of nitrogens with one attached hydrogen (secondary N) is 2. The molecule has 1 heterocycles. The topological polar surface area (TPSA) is 83.8 Å². The minimum Gasteiger partial charge on any atom is -0.395 e. The van der Waals surface area contributed by atoms with Gasteiger partial charge < -0.3 is 11.1 Å². The van der Waals surface area contributed by atoms with Gasteiger partial charge in [-0.1, -0.05) is 0 Å². The number of rotatable bonds is 4. The van der Waals surface area contributed by atoms with Gasteiger partial charge in [0.05, 0.1) is 11.4 Å². The van der Waals surface area contributed by atoms with Gasteiger partial charge in [0.15, 0.2) is 5.69 Å². The van der Waals surface area contributed by atoms with Crippen LogP contribution in [-0.4, -0.2) is 22.6 Å². The van der Waals surface area contributed by atoms with Crippen molar-refractivity contribution in [1.29, 1.82) is 0 Å². The smallest absolute Gasteiger partial charge is 0.273 e. The molecule has 0 aromatic carbocycles. The van der Waals surface area contributed by atoms with E-state index in [2.05, 4.69) is 15.5 Å². The van der Waals surface area contributed by atoms with Crippen molar-refractivity contribution in [2.75, 3.05) is 12.3 Å². The molecular weight excluding hydrogens is 204 g/mol. The number of H-pyrrole nitrogens is 1. The van der Waals surface area contributed by atoms with Crippen molar-refractivity contribution >= 4 is 11.6 Å². The first-order valence-electron chi connectivity index (χ1n) is 5.87. The number of hydrogen-bond donors (Lipinski definition) is 3. The first-order chi connectivity index (χ1) is 7.75. The summed E-state index contributed by atoms with van der Waals surface area (Å²) in [5.41, 5.74) is 7.76. The monoisotopic (exact) mass is 220 g/mol. The minimum absolute atomic E-state index is 0.146. The Bertz CT molecular complexity index is 418. The molecule has 0 unspecified atom stereocenters. The van der Waals surface area contributed by atoms with Gasteiger partial charge in [-0.15, -0.1) is 0 Å². The average molecular weight is 220 g/mol. The molecule has 0 bridgehead atoms. The molecule has 0 aliphatic heterocycles. The maximum atomic E-state index is 11.8. The lowest BCUT2D eigenvalue weighted by Crippen LogP contribution is -2.26. The van der Waals surface area contributed by atoms with Crippen LogP contribution >= 0.6 is 0 Å². The van der Waals surface area contributed by atoms with Gasteiger partial charge in [0.2, 0.25) is 0 Å². The van der Waals surface area contributed by atoms with E-state index in [9.17, 15) is 4.79 Å². The molecule has 0 atom stereocenters. The second-order valence-corrected chi connectivity index (χ2v) is 4.83. The van der Waals surface area contributed by atoms with Crippen molar-refractivity contribution in [3.63, 3.8) is 0 Å². The Morgan fingerprint density at radius 2 is 2.19 bits per heavy atom. The van der Waals surface area contributed by atoms with Gasteiger partial charge in [0, 0.05) is 12.5 Å². The van der Waals surface area contributed by atoms with E-state index in [0.29, 0.717) is 23.2 Å². The van der Waals surface area contributed by atoms with Crippen LogP contribution in [0.2, 0.25) is 0 Å². The van der Waals surface area contributed by atoms with Crippen molar-refractivity contribution in [2.45, 2.75) is 31.6 Å². The van der Waals surface area contributed by atoms with Crippen molar-refractivity contribution in [3.8, 4) is 0 Å². The lowest BCUT2D eigenvalue weighted by atomic mass is 10.2. The third-order valence-corrected chi connectivity index (χ3v) is 3.28. The Morgan fingerprint density at radius 1 is 1.44 bits per heavy atom. The van der Waals surface area contributed by atoms with Crippen LogP contribution in [0, 0.1) is 5.92 Å². The number of amides is 1. The van der Waals surface area contributed by atoms with Gasteiger partial charge in [-0.2, -0.15) is 5.10 Å². The Morgan fingerprint density at radius 3 is 2.81 bits per heavy atom. The number of nitrogens with zero attached hydrogens (tertiary/aromatic N) is 1. The molecule has 2 aliphatic carbocycles. The lowest BCUT2D eigenvalue weighted by molar-refractivity contribution is 0.0947. The molecule has 0 radical (unpaired) electrons. The van der Waals surface area contributed by atoms with Gasteiger partial charge in [-0.3, -0.25) is 9.89 Å². The fourth-order valence-electron chi connectivity index (χ4n) is 1.86. The maximum absolute atomic E-state index is 11.8. The summed E-state index contributed by atoms with van der Waals surface area (Å²) in [5.74, 6) is 1.03. The van der Waals surface area contributed by atoms with E-state index in [1.807, 2.05) is 0 Å². The number of hydrogen-bond acceptors (Lipinski definition) is 3. The first kappa shape index (κ1) is 9.69. The first-order valence-corrected chi connectivity index (χ1v) is 5.87. The molecule has 5 nitrogen and oxygen atoms in total. The molecule has 0 saturated heterocycles. The van der Waals surface area contributed by atoms with Gasteiger partial charge >= 0.3 is 0 Å². The molecule has 5 heteroatoms. The molecule has 0 spiro atoms. The Hall–Kier alpha value is -1.52. The fourth-order valence-corrected chi connectivity index (χ4v) is 1.86. The second-order valence-electron chi connectivity index (χ2n) is 4.83. The zero-order chi connectivity index (χ0) is 11.1. The number of nitrogens with two attached hydrogens (primary N) is 1. The largest absolute Gasteiger partial charge is 0.395 e. The number of aromatic amines is 1. The SMILES string of the molecule is Nc1c(C(=O)NCC2CC2)n[nH]c1C1CC1. The summed E-state index contributed by atoms with van der Waals surface area (Å²) in [6.07, 6.45) is 4.75. The van der Waals surface area contributed by atoms with E-state index in [-0.39, 0.29) is 5.91 Å². The summed E-state index contributed by atoms with van der Waals surface area (Å²) in [5, 5.41) is 9.77. The Balaban J connectivity index is 1.69. The van der Waals surface area contributed by atoms with Gasteiger partial charge in [-0.05, 0) is 31.6 Å². The Kier molecular flexibility index (Phi) is 2.12. The summed E-state index contributed by atoms with van der Waals surface area (Å²) in [6.45, 7) is 0.754. The second kappa shape index (κ2) is 3.50. The summed E-state index contributed by atoms with van der Waals surface area (Å²) in [6, 6.07) is 0. The molecule has 2 saturated carbocycles. The predicted octanol–water partition coefficient (Wildman–Crippen LogP) is 1.01. The van der Waals surface area contributed by atoms with Crippen molar-refractivity contribution in [3.05, 3.63) is 11.4 Å². The molecule has 1 aromatic rings. The number of carbonyl (C=O) groups excluding carboxylic acids is 1. The minimum atomic E-state index is -0.146. The molecule has 1 amide bonds. The number of carbonyl (C=O) groups is 1. The van der Waals surface area contributed by atoms with Crippen molar-refractivity contribution < 1.29 is 4.79 Å². The standard InChI is InChI=1S/C11H16N4O/c12-8-9(7-3-4-7)14-15-10(8)11(16)13-5-6-1-2-6/h6-7H,1-5,12H2,(H,13,16)(H,14,15). The van der Waals surface area contributed by atoms with E-state index in [0.717, 1.165) is 25.1 Å². The quantitative estimate of drug-likeness (QED) is 0.708. The fraction of sp³-hybridized carbons (Fsp3) is 0.636. The molecule has 1 aromatic heterocycles. The van der Waals surface area contributed by atoms with Crippen molar-refractivity contribution in [2.24, 2.45) is 5.92 Å². The third-order valence-electron chi connectivity index (χ3n) is 3.28. The highest BCUT2D eigenvalue weighted by Gasteiger charge is 2.30. The molecule has 86 valence electrons. The third kappa shape index (κ3) is 1.77. The summed E-state index contributed by atoms with van der Waals surface area (Å²) in [4.78, 5) is 11.8. The van der Waals surface area contributed by atoms with Crippen LogP contribution in [0.25, 0.3) is 0 Å². The Labute approximate surface area is 93.8 Å². The average Bonchev–Trinajstić information content (AvgIpc) is 3.15. The maximum Gasteiger partial charge on any atom is 0.273 e. The summed E-state index contributed by atoms with van der Waals surface area (Å²) in [7, 11) is 0. The van der Waals surface area contributed by atoms with E-state index in [1.54, 1.807) is 0 Å². The molecule has 3 rings (SSSR count). The van der Waals surface area contributed by atoms with Crippen LogP contribution in [0.4, 0.5) is 5.69 Å². The highest BCUT2D eigenvalue weighted by atomic mass is 16.1. The van der Waals surface area contributed by atoms with Crippen LogP contribution < -0.4 is 11.1 Å². The zero-order valence-electron chi connectivity index (χ0n) is 9.12. The van der Waals surface area contributed by atoms with Crippen LogP contribution in [0.3, 0.4) is 0 Å². The highest BCUT2D eigenvalue weighted by Crippen LogP contribution is 2.42. The molecule has 16 heavy (non-hydrogen) atoms. The van der Waals surface area contributed by atoms with Crippen LogP contribution in [-0.2, 0) is 0 Å². The van der Waals surface area contributed by atoms with E-state index >= 15 is 0 Å².